The fourth-order valence-electron chi connectivity index (χ4n) is 10.6. The van der Waals surface area contributed by atoms with Crippen LogP contribution in [0.5, 0.6) is 0 Å². The molecule has 0 atom stereocenters. The van der Waals surface area contributed by atoms with E-state index in [0.717, 1.165) is 40.4 Å². The van der Waals surface area contributed by atoms with Crippen LogP contribution in [-0.4, -0.2) is 6.26 Å². The van der Waals surface area contributed by atoms with E-state index in [4.69, 9.17) is 0 Å². The lowest BCUT2D eigenvalue weighted by atomic mass is 9.78. The Balaban J connectivity index is 1.24. The van der Waals surface area contributed by atoms with Gasteiger partial charge in [-0.1, -0.05) is 151 Å². The van der Waals surface area contributed by atoms with Crippen molar-refractivity contribution in [1.82, 2.24) is 0 Å². The number of thioether (sulfide) groups is 1. The average molecular weight is 929 g/mol. The van der Waals surface area contributed by atoms with E-state index in [1.165, 1.54) is 71.8 Å². The van der Waals surface area contributed by atoms with E-state index in [2.05, 4.69) is 266 Å². The lowest BCUT2D eigenvalue weighted by Crippen LogP contribution is -2.22. The van der Waals surface area contributed by atoms with Gasteiger partial charge in [0.25, 0.3) is 0 Å². The van der Waals surface area contributed by atoms with Crippen molar-refractivity contribution in [3.63, 3.8) is 0 Å². The zero-order chi connectivity index (χ0) is 50.0. The number of anilines is 5. The minimum atomic E-state index is -0.267. The van der Waals surface area contributed by atoms with Crippen LogP contribution in [0.2, 0.25) is 0 Å². The second-order valence-electron chi connectivity index (χ2n) is 23.3. The fraction of sp³-hybridized carbons (Fsp3) is 0.333. The molecule has 0 N–H and O–H groups in total. The molecule has 8 rings (SSSR count). The van der Waals surface area contributed by atoms with Gasteiger partial charge in [0.05, 0.1) is 0 Å². The van der Waals surface area contributed by atoms with Crippen molar-refractivity contribution in [2.45, 2.75) is 142 Å². The summed E-state index contributed by atoms with van der Waals surface area (Å²) >= 11 is 1.78. The van der Waals surface area contributed by atoms with Gasteiger partial charge < -0.3 is 9.80 Å². The summed E-state index contributed by atoms with van der Waals surface area (Å²) in [5, 5.41) is 0. The number of hydrogen-bond donors (Lipinski definition) is 0. The first-order valence-electron chi connectivity index (χ1n) is 25.1. The van der Waals surface area contributed by atoms with Gasteiger partial charge in [0, 0.05) is 49.9 Å². The summed E-state index contributed by atoms with van der Waals surface area (Å²) in [5.74, 6) is 0. The zero-order valence-corrected chi connectivity index (χ0v) is 45.4. The maximum atomic E-state index is 4.17. The molecule has 6 aromatic carbocycles. The van der Waals surface area contributed by atoms with E-state index in [-0.39, 0.29) is 27.1 Å². The number of allylic oxidation sites excluding steroid dienone is 6. The highest BCUT2D eigenvalue weighted by molar-refractivity contribution is 7.98. The quantitative estimate of drug-likeness (QED) is 0.0892. The molecule has 0 spiro atoms. The number of rotatable bonds is 12. The van der Waals surface area contributed by atoms with Crippen molar-refractivity contribution in [3.05, 3.63) is 208 Å². The molecule has 0 saturated heterocycles. The van der Waals surface area contributed by atoms with Crippen LogP contribution in [0.4, 0.5) is 28.4 Å². The molecule has 6 aromatic rings. The largest absolute Gasteiger partial charge is 0.310 e. The Labute approximate surface area is 421 Å². The van der Waals surface area contributed by atoms with Crippen LogP contribution in [-0.2, 0) is 27.1 Å². The summed E-state index contributed by atoms with van der Waals surface area (Å²) in [6.45, 7) is 39.1. The molecule has 3 heteroatoms. The van der Waals surface area contributed by atoms with E-state index in [9.17, 15) is 0 Å². The van der Waals surface area contributed by atoms with Gasteiger partial charge in [0.1, 0.15) is 0 Å². The van der Waals surface area contributed by atoms with Crippen molar-refractivity contribution in [3.8, 4) is 11.1 Å². The molecule has 0 heterocycles. The van der Waals surface area contributed by atoms with E-state index < -0.39 is 0 Å². The zero-order valence-electron chi connectivity index (χ0n) is 44.6. The Morgan fingerprint density at radius 1 is 0.565 bits per heavy atom. The highest BCUT2D eigenvalue weighted by Crippen LogP contribution is 2.56. The summed E-state index contributed by atoms with van der Waals surface area (Å²) in [6, 6.07) is 48.9. The van der Waals surface area contributed by atoms with Gasteiger partial charge in [-0.3, -0.25) is 0 Å². The summed E-state index contributed by atoms with van der Waals surface area (Å²) in [4.78, 5) is 6.14. The predicted octanol–water partition coefficient (Wildman–Crippen LogP) is 19.4. The van der Waals surface area contributed by atoms with Crippen LogP contribution < -0.4 is 9.80 Å². The van der Waals surface area contributed by atoms with Gasteiger partial charge in [-0.25, -0.2) is 0 Å². The third-order valence-electron chi connectivity index (χ3n) is 15.6. The molecule has 0 unspecified atom stereocenters. The van der Waals surface area contributed by atoms with Crippen molar-refractivity contribution in [2.24, 2.45) is 0 Å². The predicted molar refractivity (Wildman–Crippen MR) is 304 cm³/mol. The molecular formula is C66H76N2S. The lowest BCUT2D eigenvalue weighted by Gasteiger charge is -2.32. The van der Waals surface area contributed by atoms with E-state index in [1.54, 1.807) is 11.8 Å². The van der Waals surface area contributed by atoms with Gasteiger partial charge in [-0.15, -0.1) is 11.8 Å². The SMILES string of the molecule is C=C/C=C(C)/C(=C\C1=C(C)c2cc3c(cc2C1(C)C)-c1ccc(N(c2ccc(SC)cc2)c2ccc(C(C)(C)CC)cc2)cc1C3(C)C)N(c1ccc(C(C)(C)C)cc1)c1ccc(C(C)(C)C)cc1. The van der Waals surface area contributed by atoms with Crippen LogP contribution in [0.1, 0.15) is 149 Å². The third-order valence-corrected chi connectivity index (χ3v) is 16.4. The lowest BCUT2D eigenvalue weighted by molar-refractivity contribution is 0.506. The van der Waals surface area contributed by atoms with Crippen molar-refractivity contribution in [1.29, 1.82) is 0 Å². The number of hydrogen-bond acceptors (Lipinski definition) is 3. The molecule has 0 aromatic heterocycles. The molecule has 2 nitrogen and oxygen atoms in total. The summed E-state index contributed by atoms with van der Waals surface area (Å²) in [6.07, 6.45) is 9.78. The number of nitrogens with zero attached hydrogens (tertiary/aromatic N) is 2. The number of benzene rings is 6. The van der Waals surface area contributed by atoms with Gasteiger partial charge in [0.15, 0.2) is 0 Å². The first kappa shape index (κ1) is 49.6. The average Bonchev–Trinajstić information content (AvgIpc) is 3.65. The molecule has 356 valence electrons. The molecular weight excluding hydrogens is 853 g/mol. The van der Waals surface area contributed by atoms with Crippen LogP contribution >= 0.6 is 11.8 Å². The van der Waals surface area contributed by atoms with Crippen molar-refractivity contribution in [2.75, 3.05) is 16.1 Å². The van der Waals surface area contributed by atoms with Gasteiger partial charge >= 0.3 is 0 Å². The van der Waals surface area contributed by atoms with E-state index in [0.29, 0.717) is 0 Å². The monoisotopic (exact) mass is 929 g/mol. The van der Waals surface area contributed by atoms with Gasteiger partial charge in [-0.05, 0) is 201 Å². The second kappa shape index (κ2) is 18.2. The van der Waals surface area contributed by atoms with Crippen LogP contribution in [0.3, 0.4) is 0 Å². The van der Waals surface area contributed by atoms with Gasteiger partial charge in [-0.2, -0.15) is 0 Å². The smallest absolute Gasteiger partial charge is 0.0493 e. The summed E-state index contributed by atoms with van der Waals surface area (Å²) in [5.41, 5.74) is 22.6. The first-order valence-corrected chi connectivity index (χ1v) is 26.3. The summed E-state index contributed by atoms with van der Waals surface area (Å²) < 4.78 is 0. The Bertz CT molecular complexity index is 2930. The molecule has 0 bridgehead atoms. The highest BCUT2D eigenvalue weighted by Gasteiger charge is 2.42. The van der Waals surface area contributed by atoms with Crippen LogP contribution in [0, 0.1) is 0 Å². The van der Waals surface area contributed by atoms with Crippen molar-refractivity contribution >= 4 is 45.8 Å². The van der Waals surface area contributed by atoms with Crippen LogP contribution in [0.25, 0.3) is 16.7 Å². The molecule has 0 amide bonds. The molecule has 2 aliphatic carbocycles. The number of fused-ring (bicyclic) bond motifs is 4. The molecule has 0 fully saturated rings. The molecule has 0 radical (unpaired) electrons. The second-order valence-corrected chi connectivity index (χ2v) is 24.2. The molecule has 69 heavy (non-hydrogen) atoms. The van der Waals surface area contributed by atoms with Crippen molar-refractivity contribution < 1.29 is 0 Å². The summed E-state index contributed by atoms with van der Waals surface area (Å²) in [7, 11) is 0. The van der Waals surface area contributed by atoms with E-state index >= 15 is 0 Å². The topological polar surface area (TPSA) is 6.48 Å². The fourth-order valence-corrected chi connectivity index (χ4v) is 11.0. The molecule has 0 saturated carbocycles. The highest BCUT2D eigenvalue weighted by atomic mass is 32.2. The third kappa shape index (κ3) is 9.13. The minimum absolute atomic E-state index is 0.0492. The Morgan fingerprint density at radius 2 is 1.01 bits per heavy atom. The van der Waals surface area contributed by atoms with Gasteiger partial charge in [0.2, 0.25) is 0 Å². The maximum absolute atomic E-state index is 4.17. The van der Waals surface area contributed by atoms with E-state index in [1.807, 2.05) is 6.08 Å². The van der Waals surface area contributed by atoms with Crippen LogP contribution in [0.15, 0.2) is 174 Å². The normalized spacial score (nSPS) is 15.5. The maximum Gasteiger partial charge on any atom is 0.0493 e. The molecule has 2 aliphatic rings. The minimum Gasteiger partial charge on any atom is -0.310 e. The Morgan fingerprint density at radius 3 is 1.51 bits per heavy atom. The Hall–Kier alpha value is -5.77. The molecule has 0 aliphatic heterocycles. The standard InChI is InChI=1S/C66H76N2S/c1-18-20-43(3)61(68(50-27-21-45(22-28-50)62(5,6)7)51-29-23-46(24-30-51)63(8,9)10)42-57-44(4)55-40-60-56(41-59(55)65(57,13)14)54-38-35-52(39-58(54)66(60,15)16)67(49-33-36-53(69-17)37-34-49)48-31-25-47(26-32-48)64(11,12)19-2/h18,20-42H,1,19H2,2-17H3/b43-20+,61-42+. The Kier molecular flexibility index (Phi) is 13.1. The first-order chi connectivity index (χ1) is 32.4.